The van der Waals surface area contributed by atoms with Crippen molar-refractivity contribution in [1.82, 2.24) is 5.32 Å². The molecule has 1 aromatic carbocycles. The first-order valence-corrected chi connectivity index (χ1v) is 9.56. The van der Waals surface area contributed by atoms with E-state index in [1.807, 2.05) is 11.8 Å². The van der Waals surface area contributed by atoms with Crippen LogP contribution in [0.1, 0.15) is 43.9 Å². The van der Waals surface area contributed by atoms with Crippen molar-refractivity contribution >= 4 is 27.7 Å². The molecule has 2 atom stereocenters. The molecule has 2 heterocycles. The first kappa shape index (κ1) is 15.5. The van der Waals surface area contributed by atoms with Crippen LogP contribution in [0, 0.1) is 0 Å². The van der Waals surface area contributed by atoms with Crippen LogP contribution >= 0.6 is 27.7 Å². The number of fused-ring (bicyclic) bond motifs is 3. The van der Waals surface area contributed by atoms with Gasteiger partial charge in [-0.25, -0.2) is 0 Å². The summed E-state index contributed by atoms with van der Waals surface area (Å²) in [5.74, 6) is 2.89. The predicted molar refractivity (Wildman–Crippen MR) is 91.5 cm³/mol. The predicted octanol–water partition coefficient (Wildman–Crippen LogP) is 4.29. The summed E-state index contributed by atoms with van der Waals surface area (Å²) in [6.45, 7) is 6.79. The SMILES string of the molecule is CCCNC1c2c(c(Br)cc3c2OCCO3)CSC1CC. The molecule has 0 saturated heterocycles. The van der Waals surface area contributed by atoms with Crippen molar-refractivity contribution in [2.75, 3.05) is 19.8 Å². The first-order chi connectivity index (χ1) is 10.3. The van der Waals surface area contributed by atoms with Crippen LogP contribution in [-0.4, -0.2) is 25.0 Å². The van der Waals surface area contributed by atoms with E-state index in [2.05, 4.69) is 41.2 Å². The minimum absolute atomic E-state index is 0.344. The lowest BCUT2D eigenvalue weighted by atomic mass is 9.94. The Morgan fingerprint density at radius 1 is 1.33 bits per heavy atom. The molecule has 3 rings (SSSR count). The summed E-state index contributed by atoms with van der Waals surface area (Å²) in [5, 5.41) is 4.32. The highest BCUT2D eigenvalue weighted by Crippen LogP contribution is 2.50. The monoisotopic (exact) mass is 371 g/mol. The van der Waals surface area contributed by atoms with Crippen molar-refractivity contribution in [1.29, 1.82) is 0 Å². The maximum Gasteiger partial charge on any atom is 0.166 e. The smallest absolute Gasteiger partial charge is 0.166 e. The van der Waals surface area contributed by atoms with Gasteiger partial charge in [-0.05, 0) is 31.0 Å². The van der Waals surface area contributed by atoms with Crippen LogP contribution < -0.4 is 14.8 Å². The average Bonchev–Trinajstić information content (AvgIpc) is 2.52. The van der Waals surface area contributed by atoms with E-state index in [0.29, 0.717) is 24.5 Å². The Morgan fingerprint density at radius 3 is 2.90 bits per heavy atom. The van der Waals surface area contributed by atoms with Crippen LogP contribution in [0.5, 0.6) is 11.5 Å². The highest BCUT2D eigenvalue weighted by atomic mass is 79.9. The maximum atomic E-state index is 5.98. The van der Waals surface area contributed by atoms with Gasteiger partial charge in [-0.1, -0.05) is 29.8 Å². The maximum absolute atomic E-state index is 5.98. The summed E-state index contributed by atoms with van der Waals surface area (Å²) in [7, 11) is 0. The lowest BCUT2D eigenvalue weighted by molar-refractivity contribution is 0.168. The molecular weight excluding hydrogens is 350 g/mol. The Bertz CT molecular complexity index is 523. The summed E-state index contributed by atoms with van der Waals surface area (Å²) in [6, 6.07) is 2.41. The molecule has 116 valence electrons. The van der Waals surface area contributed by atoms with E-state index in [-0.39, 0.29) is 0 Å². The quantitative estimate of drug-likeness (QED) is 0.854. The summed E-state index contributed by atoms with van der Waals surface area (Å²) >= 11 is 5.76. The number of hydrogen-bond donors (Lipinski definition) is 1. The molecule has 0 saturated carbocycles. The Labute approximate surface area is 139 Å². The molecule has 0 aromatic heterocycles. The van der Waals surface area contributed by atoms with Crippen LogP contribution in [0.15, 0.2) is 10.5 Å². The van der Waals surface area contributed by atoms with Gasteiger partial charge in [0.25, 0.3) is 0 Å². The minimum atomic E-state index is 0.344. The average molecular weight is 372 g/mol. The third kappa shape index (κ3) is 2.92. The van der Waals surface area contributed by atoms with Crippen molar-refractivity contribution < 1.29 is 9.47 Å². The third-order valence-corrected chi connectivity index (χ3v) is 6.26. The van der Waals surface area contributed by atoms with E-state index in [1.54, 1.807) is 0 Å². The van der Waals surface area contributed by atoms with E-state index < -0.39 is 0 Å². The van der Waals surface area contributed by atoms with Gasteiger partial charge in [0.15, 0.2) is 11.5 Å². The second-order valence-electron chi connectivity index (χ2n) is 5.46. The number of halogens is 1. The van der Waals surface area contributed by atoms with Crippen molar-refractivity contribution in [3.8, 4) is 11.5 Å². The van der Waals surface area contributed by atoms with Gasteiger partial charge in [0.05, 0.1) is 0 Å². The van der Waals surface area contributed by atoms with Crippen LogP contribution in [0.25, 0.3) is 0 Å². The number of nitrogens with one attached hydrogen (secondary N) is 1. The normalized spacial score (nSPS) is 23.8. The number of rotatable bonds is 4. The molecule has 2 aliphatic heterocycles. The second-order valence-corrected chi connectivity index (χ2v) is 7.55. The lowest BCUT2D eigenvalue weighted by Gasteiger charge is -2.36. The number of ether oxygens (including phenoxy) is 2. The number of hydrogen-bond acceptors (Lipinski definition) is 4. The van der Waals surface area contributed by atoms with Gasteiger partial charge in [0.1, 0.15) is 13.2 Å². The zero-order valence-corrected chi connectivity index (χ0v) is 15.0. The van der Waals surface area contributed by atoms with Crippen LogP contribution in [0.3, 0.4) is 0 Å². The fraction of sp³-hybridized carbons (Fsp3) is 0.625. The minimum Gasteiger partial charge on any atom is -0.486 e. The van der Waals surface area contributed by atoms with Crippen LogP contribution in [-0.2, 0) is 5.75 Å². The second kappa shape index (κ2) is 6.80. The zero-order chi connectivity index (χ0) is 14.8. The summed E-state index contributed by atoms with van der Waals surface area (Å²) in [4.78, 5) is 0. The van der Waals surface area contributed by atoms with Gasteiger partial charge in [-0.15, -0.1) is 0 Å². The van der Waals surface area contributed by atoms with Gasteiger partial charge in [-0.2, -0.15) is 11.8 Å². The van der Waals surface area contributed by atoms with Crippen LogP contribution in [0.4, 0.5) is 0 Å². The van der Waals surface area contributed by atoms with Crippen molar-refractivity contribution in [2.24, 2.45) is 0 Å². The van der Waals surface area contributed by atoms with E-state index in [1.165, 1.54) is 11.1 Å². The molecule has 1 aromatic rings. The molecule has 21 heavy (non-hydrogen) atoms. The van der Waals surface area contributed by atoms with E-state index >= 15 is 0 Å². The Hall–Kier alpha value is -0.390. The molecule has 1 N–H and O–H groups in total. The van der Waals surface area contributed by atoms with E-state index in [9.17, 15) is 0 Å². The zero-order valence-electron chi connectivity index (χ0n) is 12.6. The molecule has 0 radical (unpaired) electrons. The van der Waals surface area contributed by atoms with Crippen molar-refractivity contribution in [2.45, 2.75) is 43.7 Å². The molecule has 2 aliphatic rings. The van der Waals surface area contributed by atoms with Gasteiger partial charge in [-0.3, -0.25) is 0 Å². The third-order valence-electron chi connectivity index (χ3n) is 4.07. The molecule has 0 amide bonds. The molecule has 0 spiro atoms. The summed E-state index contributed by atoms with van der Waals surface area (Å²) in [5.41, 5.74) is 2.68. The lowest BCUT2D eigenvalue weighted by Crippen LogP contribution is -2.35. The fourth-order valence-corrected chi connectivity index (χ4v) is 5.15. The molecule has 0 bridgehead atoms. The Balaban J connectivity index is 2.07. The van der Waals surface area contributed by atoms with Gasteiger partial charge in [0, 0.05) is 27.1 Å². The Morgan fingerprint density at radius 2 is 2.14 bits per heavy atom. The van der Waals surface area contributed by atoms with E-state index in [4.69, 9.17) is 9.47 Å². The van der Waals surface area contributed by atoms with Gasteiger partial charge < -0.3 is 14.8 Å². The number of benzene rings is 1. The van der Waals surface area contributed by atoms with Gasteiger partial charge >= 0.3 is 0 Å². The first-order valence-electron chi connectivity index (χ1n) is 7.72. The fourth-order valence-electron chi connectivity index (χ4n) is 3.05. The van der Waals surface area contributed by atoms with Crippen LogP contribution in [0.2, 0.25) is 0 Å². The molecular formula is C16H22BrNO2S. The summed E-state index contributed by atoms with van der Waals surface area (Å²) in [6.07, 6.45) is 2.30. The Kier molecular flexibility index (Phi) is 5.02. The topological polar surface area (TPSA) is 30.5 Å². The molecule has 2 unspecified atom stereocenters. The molecule has 0 aliphatic carbocycles. The standard InChI is InChI=1S/C16H22BrNO2S/c1-3-5-18-15-13(4-2)21-9-10-11(17)8-12-16(14(10)15)20-7-6-19-12/h8,13,15,18H,3-7,9H2,1-2H3. The van der Waals surface area contributed by atoms with Crippen molar-refractivity contribution in [3.63, 3.8) is 0 Å². The highest BCUT2D eigenvalue weighted by molar-refractivity contribution is 9.10. The molecule has 5 heteroatoms. The van der Waals surface area contributed by atoms with E-state index in [0.717, 1.165) is 41.1 Å². The van der Waals surface area contributed by atoms with Gasteiger partial charge in [0.2, 0.25) is 0 Å². The molecule has 0 fully saturated rings. The highest BCUT2D eigenvalue weighted by Gasteiger charge is 2.35. The largest absolute Gasteiger partial charge is 0.486 e. The summed E-state index contributed by atoms with van der Waals surface area (Å²) < 4.78 is 12.9. The molecule has 3 nitrogen and oxygen atoms in total. The number of thioether (sulfide) groups is 1. The van der Waals surface area contributed by atoms with Crippen molar-refractivity contribution in [3.05, 3.63) is 21.7 Å².